The summed E-state index contributed by atoms with van der Waals surface area (Å²) in [6.07, 6.45) is 0. The molecule has 0 aliphatic heterocycles. The summed E-state index contributed by atoms with van der Waals surface area (Å²) < 4.78 is 7.59. The molecule has 1 aromatic heterocycles. The Hall–Kier alpha value is -4.39. The van der Waals surface area contributed by atoms with Crippen LogP contribution in [0, 0.1) is 13.8 Å². The number of nitrogens with zero attached hydrogens (tertiary/aromatic N) is 2. The Kier molecular flexibility index (Phi) is 7.26. The SMILES string of the molecule is CC(=O)Nc1ccccc1Cn1nc(C)c(NC(=O)c2ccc(COc3ccccc3)cc2)c1C. The van der Waals surface area contributed by atoms with E-state index in [1.165, 1.54) is 6.92 Å². The molecule has 0 atom stereocenters. The number of carbonyl (C=O) groups is 2. The van der Waals surface area contributed by atoms with Crippen LogP contribution < -0.4 is 15.4 Å². The summed E-state index contributed by atoms with van der Waals surface area (Å²) in [5, 5.41) is 10.5. The number of benzene rings is 3. The molecule has 0 fully saturated rings. The van der Waals surface area contributed by atoms with Gasteiger partial charge in [0.15, 0.2) is 0 Å². The molecule has 178 valence electrons. The van der Waals surface area contributed by atoms with E-state index >= 15 is 0 Å². The van der Waals surface area contributed by atoms with E-state index in [-0.39, 0.29) is 11.8 Å². The third-order valence-electron chi connectivity index (χ3n) is 5.63. The molecular formula is C28H28N4O3. The Bertz CT molecular complexity index is 1330. The van der Waals surface area contributed by atoms with Crippen LogP contribution in [-0.4, -0.2) is 21.6 Å². The van der Waals surface area contributed by atoms with Crippen LogP contribution in [-0.2, 0) is 17.9 Å². The number of aryl methyl sites for hydroxylation is 1. The second-order valence-electron chi connectivity index (χ2n) is 8.29. The highest BCUT2D eigenvalue weighted by molar-refractivity contribution is 6.04. The van der Waals surface area contributed by atoms with E-state index in [1.54, 1.807) is 12.1 Å². The van der Waals surface area contributed by atoms with Gasteiger partial charge in [-0.2, -0.15) is 5.10 Å². The number of para-hydroxylation sites is 2. The van der Waals surface area contributed by atoms with Gasteiger partial charge in [0.05, 0.1) is 23.6 Å². The first kappa shape index (κ1) is 23.8. The number of anilines is 2. The first-order valence-corrected chi connectivity index (χ1v) is 11.4. The Labute approximate surface area is 204 Å². The second-order valence-corrected chi connectivity index (χ2v) is 8.29. The highest BCUT2D eigenvalue weighted by atomic mass is 16.5. The van der Waals surface area contributed by atoms with Gasteiger partial charge in [0.2, 0.25) is 5.91 Å². The number of ether oxygens (including phenoxy) is 1. The molecule has 7 heteroatoms. The van der Waals surface area contributed by atoms with Gasteiger partial charge in [0.25, 0.3) is 5.91 Å². The molecule has 7 nitrogen and oxygen atoms in total. The number of nitrogens with one attached hydrogen (secondary N) is 2. The van der Waals surface area contributed by atoms with E-state index in [2.05, 4.69) is 15.7 Å². The van der Waals surface area contributed by atoms with Crippen LogP contribution in [0.5, 0.6) is 5.75 Å². The largest absolute Gasteiger partial charge is 0.489 e. The molecule has 0 bridgehead atoms. The average molecular weight is 469 g/mol. The fourth-order valence-electron chi connectivity index (χ4n) is 3.78. The van der Waals surface area contributed by atoms with Gasteiger partial charge < -0.3 is 15.4 Å². The zero-order valence-corrected chi connectivity index (χ0v) is 20.0. The summed E-state index contributed by atoms with van der Waals surface area (Å²) in [4.78, 5) is 24.5. The molecule has 0 saturated carbocycles. The predicted molar refractivity (Wildman–Crippen MR) is 137 cm³/mol. The Morgan fingerprint density at radius 3 is 2.29 bits per heavy atom. The molecule has 2 N–H and O–H groups in total. The van der Waals surface area contributed by atoms with Crippen molar-refractivity contribution in [3.63, 3.8) is 0 Å². The van der Waals surface area contributed by atoms with E-state index in [4.69, 9.17) is 4.74 Å². The first-order valence-electron chi connectivity index (χ1n) is 11.4. The lowest BCUT2D eigenvalue weighted by atomic mass is 10.1. The third-order valence-corrected chi connectivity index (χ3v) is 5.63. The van der Waals surface area contributed by atoms with Gasteiger partial charge in [0, 0.05) is 18.2 Å². The van der Waals surface area contributed by atoms with Crippen LogP contribution >= 0.6 is 0 Å². The minimum absolute atomic E-state index is 0.128. The van der Waals surface area contributed by atoms with Gasteiger partial charge in [-0.05, 0) is 55.3 Å². The average Bonchev–Trinajstić information content (AvgIpc) is 3.12. The third kappa shape index (κ3) is 5.95. The fourth-order valence-corrected chi connectivity index (χ4v) is 3.78. The molecule has 0 radical (unpaired) electrons. The first-order chi connectivity index (χ1) is 16.9. The molecule has 0 aliphatic carbocycles. The second kappa shape index (κ2) is 10.7. The van der Waals surface area contributed by atoms with Gasteiger partial charge in [0.1, 0.15) is 12.4 Å². The molecule has 1 heterocycles. The number of aromatic nitrogens is 2. The minimum Gasteiger partial charge on any atom is -0.489 e. The van der Waals surface area contributed by atoms with E-state index < -0.39 is 0 Å². The fraction of sp³-hybridized carbons (Fsp3) is 0.179. The number of carbonyl (C=O) groups excluding carboxylic acids is 2. The molecular weight excluding hydrogens is 440 g/mol. The number of amides is 2. The van der Waals surface area contributed by atoms with Crippen molar-refractivity contribution in [1.82, 2.24) is 9.78 Å². The summed E-state index contributed by atoms with van der Waals surface area (Å²) in [6, 6.07) is 24.6. The van der Waals surface area contributed by atoms with Crippen molar-refractivity contribution >= 4 is 23.2 Å². The van der Waals surface area contributed by atoms with E-state index in [9.17, 15) is 9.59 Å². The molecule has 4 rings (SSSR count). The Balaban J connectivity index is 1.43. The highest BCUT2D eigenvalue weighted by Crippen LogP contribution is 2.24. The summed E-state index contributed by atoms with van der Waals surface area (Å²) in [6.45, 7) is 6.16. The van der Waals surface area contributed by atoms with Crippen molar-refractivity contribution in [2.24, 2.45) is 0 Å². The van der Waals surface area contributed by atoms with Crippen molar-refractivity contribution in [2.75, 3.05) is 10.6 Å². The maximum Gasteiger partial charge on any atom is 0.255 e. The van der Waals surface area contributed by atoms with Crippen LogP contribution in [0.4, 0.5) is 11.4 Å². The van der Waals surface area contributed by atoms with Crippen molar-refractivity contribution < 1.29 is 14.3 Å². The van der Waals surface area contributed by atoms with Gasteiger partial charge in [-0.3, -0.25) is 14.3 Å². The van der Waals surface area contributed by atoms with Gasteiger partial charge in [-0.25, -0.2) is 0 Å². The zero-order chi connectivity index (χ0) is 24.8. The lowest BCUT2D eigenvalue weighted by Crippen LogP contribution is -2.14. The van der Waals surface area contributed by atoms with Crippen molar-refractivity contribution in [3.8, 4) is 5.75 Å². The summed E-state index contributed by atoms with van der Waals surface area (Å²) >= 11 is 0. The van der Waals surface area contributed by atoms with E-state index in [0.717, 1.165) is 34.0 Å². The number of rotatable bonds is 8. The van der Waals surface area contributed by atoms with Crippen LogP contribution in [0.15, 0.2) is 78.9 Å². The van der Waals surface area contributed by atoms with Crippen LogP contribution in [0.2, 0.25) is 0 Å². The Morgan fingerprint density at radius 2 is 1.57 bits per heavy atom. The smallest absolute Gasteiger partial charge is 0.255 e. The van der Waals surface area contributed by atoms with Crippen LogP contribution in [0.1, 0.15) is 39.8 Å². The van der Waals surface area contributed by atoms with Crippen molar-refractivity contribution in [3.05, 3.63) is 107 Å². The van der Waals surface area contributed by atoms with Gasteiger partial charge in [-0.15, -0.1) is 0 Å². The molecule has 0 unspecified atom stereocenters. The molecule has 4 aromatic rings. The standard InChI is InChI=1S/C28H28N4O3/c1-19-27(20(2)32(31-19)17-24-9-7-8-12-26(24)29-21(3)33)30-28(34)23-15-13-22(14-16-23)18-35-25-10-5-4-6-11-25/h4-16H,17-18H2,1-3H3,(H,29,33)(H,30,34). The summed E-state index contributed by atoms with van der Waals surface area (Å²) in [7, 11) is 0. The van der Waals surface area contributed by atoms with E-state index in [0.29, 0.717) is 24.4 Å². The molecule has 2 amide bonds. The topological polar surface area (TPSA) is 85.3 Å². The quantitative estimate of drug-likeness (QED) is 0.366. The van der Waals surface area contributed by atoms with E-state index in [1.807, 2.05) is 85.3 Å². The highest BCUT2D eigenvalue weighted by Gasteiger charge is 2.16. The number of hydrogen-bond donors (Lipinski definition) is 2. The molecule has 35 heavy (non-hydrogen) atoms. The molecule has 0 aliphatic rings. The lowest BCUT2D eigenvalue weighted by Gasteiger charge is -2.11. The molecule has 0 saturated heterocycles. The molecule has 3 aromatic carbocycles. The normalized spacial score (nSPS) is 10.6. The lowest BCUT2D eigenvalue weighted by molar-refractivity contribution is -0.114. The molecule has 0 spiro atoms. The van der Waals surface area contributed by atoms with Crippen LogP contribution in [0.3, 0.4) is 0 Å². The maximum atomic E-state index is 12.9. The summed E-state index contributed by atoms with van der Waals surface area (Å²) in [5.74, 6) is 0.471. The van der Waals surface area contributed by atoms with Crippen molar-refractivity contribution in [2.45, 2.75) is 33.9 Å². The van der Waals surface area contributed by atoms with Gasteiger partial charge >= 0.3 is 0 Å². The zero-order valence-electron chi connectivity index (χ0n) is 20.0. The summed E-state index contributed by atoms with van der Waals surface area (Å²) in [5.41, 5.74) is 5.44. The number of hydrogen-bond acceptors (Lipinski definition) is 4. The van der Waals surface area contributed by atoms with Gasteiger partial charge in [-0.1, -0.05) is 48.5 Å². The predicted octanol–water partition coefficient (Wildman–Crippen LogP) is 5.34. The minimum atomic E-state index is -0.204. The van der Waals surface area contributed by atoms with Crippen molar-refractivity contribution in [1.29, 1.82) is 0 Å². The van der Waals surface area contributed by atoms with Crippen LogP contribution in [0.25, 0.3) is 0 Å². The Morgan fingerprint density at radius 1 is 0.886 bits per heavy atom. The maximum absolute atomic E-state index is 12.9. The monoisotopic (exact) mass is 468 g/mol.